The van der Waals surface area contributed by atoms with Crippen LogP contribution in [0.2, 0.25) is 0 Å². The standard InChI is InChI=1S/C21H27NO5S/c1-5-7-18-15(6-2)11-19(28-18)21(24)27-13-20(23)22-12-14-8-9-16(25-3)17(10-14)26-4/h8-11H,5-7,12-13H2,1-4H3,(H,22,23). The molecule has 152 valence electrons. The number of aryl methyl sites for hydroxylation is 2. The number of esters is 1. The Hall–Kier alpha value is -2.54. The Balaban J connectivity index is 1.86. The van der Waals surface area contributed by atoms with E-state index in [9.17, 15) is 9.59 Å². The number of methoxy groups -OCH3 is 2. The van der Waals surface area contributed by atoms with Gasteiger partial charge in [-0.25, -0.2) is 4.79 Å². The van der Waals surface area contributed by atoms with Gasteiger partial charge in [-0.1, -0.05) is 26.3 Å². The van der Waals surface area contributed by atoms with E-state index in [0.717, 1.165) is 24.8 Å². The molecule has 1 aromatic heterocycles. The molecule has 0 atom stereocenters. The largest absolute Gasteiger partial charge is 0.493 e. The van der Waals surface area contributed by atoms with Crippen LogP contribution in [0.1, 0.15) is 45.9 Å². The number of carbonyl (C=O) groups excluding carboxylic acids is 2. The maximum atomic E-state index is 12.2. The molecule has 1 heterocycles. The minimum atomic E-state index is -0.455. The highest BCUT2D eigenvalue weighted by Gasteiger charge is 2.16. The van der Waals surface area contributed by atoms with Crippen molar-refractivity contribution >= 4 is 23.2 Å². The first-order chi connectivity index (χ1) is 13.5. The smallest absolute Gasteiger partial charge is 0.348 e. The molecule has 0 aliphatic carbocycles. The minimum absolute atomic E-state index is 0.302. The maximum absolute atomic E-state index is 12.2. The molecule has 0 unspecified atom stereocenters. The number of hydrogen-bond acceptors (Lipinski definition) is 6. The molecule has 1 amide bonds. The summed E-state index contributed by atoms with van der Waals surface area (Å²) in [5.74, 6) is 0.400. The molecule has 1 N–H and O–H groups in total. The zero-order valence-corrected chi connectivity index (χ0v) is 17.6. The van der Waals surface area contributed by atoms with Gasteiger partial charge in [0, 0.05) is 11.4 Å². The van der Waals surface area contributed by atoms with Crippen LogP contribution in [0.15, 0.2) is 24.3 Å². The second kappa shape index (κ2) is 10.7. The van der Waals surface area contributed by atoms with Crippen molar-refractivity contribution in [3.8, 4) is 11.5 Å². The van der Waals surface area contributed by atoms with E-state index in [1.807, 2.05) is 12.1 Å². The third kappa shape index (κ3) is 5.73. The van der Waals surface area contributed by atoms with Crippen LogP contribution in [-0.2, 0) is 28.9 Å². The van der Waals surface area contributed by atoms with Gasteiger partial charge in [0.1, 0.15) is 4.88 Å². The molecule has 0 aliphatic heterocycles. The fourth-order valence-corrected chi connectivity index (χ4v) is 4.00. The summed E-state index contributed by atoms with van der Waals surface area (Å²) in [5, 5.41) is 2.73. The molecular weight excluding hydrogens is 378 g/mol. The second-order valence-electron chi connectivity index (χ2n) is 6.20. The number of rotatable bonds is 10. The van der Waals surface area contributed by atoms with Crippen LogP contribution in [0, 0.1) is 0 Å². The van der Waals surface area contributed by atoms with E-state index in [2.05, 4.69) is 19.2 Å². The van der Waals surface area contributed by atoms with Gasteiger partial charge in [-0.05, 0) is 42.2 Å². The molecule has 0 saturated heterocycles. The maximum Gasteiger partial charge on any atom is 0.348 e. The van der Waals surface area contributed by atoms with Crippen LogP contribution in [-0.4, -0.2) is 32.7 Å². The van der Waals surface area contributed by atoms with Gasteiger partial charge in [0.25, 0.3) is 5.91 Å². The minimum Gasteiger partial charge on any atom is -0.493 e. The fraction of sp³-hybridized carbons (Fsp3) is 0.429. The molecule has 28 heavy (non-hydrogen) atoms. The molecule has 2 aromatic rings. The van der Waals surface area contributed by atoms with Crippen molar-refractivity contribution in [2.75, 3.05) is 20.8 Å². The molecule has 0 spiro atoms. The van der Waals surface area contributed by atoms with Gasteiger partial charge < -0.3 is 19.5 Å². The highest BCUT2D eigenvalue weighted by atomic mass is 32.1. The molecule has 0 fully saturated rings. The highest BCUT2D eigenvalue weighted by Crippen LogP contribution is 2.27. The van der Waals surface area contributed by atoms with Crippen LogP contribution >= 0.6 is 11.3 Å². The van der Waals surface area contributed by atoms with E-state index in [4.69, 9.17) is 14.2 Å². The highest BCUT2D eigenvalue weighted by molar-refractivity contribution is 7.14. The molecule has 7 heteroatoms. The van der Waals surface area contributed by atoms with E-state index in [0.29, 0.717) is 22.9 Å². The SMILES string of the molecule is CCCc1sc(C(=O)OCC(=O)NCc2ccc(OC)c(OC)c2)cc1CC. The van der Waals surface area contributed by atoms with Crippen molar-refractivity contribution in [1.82, 2.24) is 5.32 Å². The van der Waals surface area contributed by atoms with Crippen LogP contribution in [0.4, 0.5) is 0 Å². The molecule has 6 nitrogen and oxygen atoms in total. The molecule has 0 aliphatic rings. The van der Waals surface area contributed by atoms with Crippen molar-refractivity contribution < 1.29 is 23.8 Å². The van der Waals surface area contributed by atoms with Crippen LogP contribution in [0.3, 0.4) is 0 Å². The number of nitrogens with one attached hydrogen (secondary N) is 1. The van der Waals surface area contributed by atoms with Crippen LogP contribution in [0.5, 0.6) is 11.5 Å². The van der Waals surface area contributed by atoms with E-state index in [1.165, 1.54) is 21.8 Å². The van der Waals surface area contributed by atoms with Crippen molar-refractivity contribution in [2.45, 2.75) is 39.7 Å². The summed E-state index contributed by atoms with van der Waals surface area (Å²) in [7, 11) is 3.12. The number of thiophene rings is 1. The van der Waals surface area contributed by atoms with Gasteiger partial charge >= 0.3 is 5.97 Å². The summed E-state index contributed by atoms with van der Waals surface area (Å²) in [6, 6.07) is 7.27. The van der Waals surface area contributed by atoms with Gasteiger partial charge in [0.2, 0.25) is 0 Å². The number of ether oxygens (including phenoxy) is 3. The Morgan fingerprint density at radius 1 is 1.07 bits per heavy atom. The first-order valence-electron chi connectivity index (χ1n) is 9.28. The van der Waals surface area contributed by atoms with Crippen molar-refractivity contribution in [3.63, 3.8) is 0 Å². The summed E-state index contributed by atoms with van der Waals surface area (Å²) in [6.45, 7) is 4.17. The second-order valence-corrected chi connectivity index (χ2v) is 7.34. The lowest BCUT2D eigenvalue weighted by atomic mass is 10.1. The number of carbonyl (C=O) groups is 2. The fourth-order valence-electron chi connectivity index (χ4n) is 2.75. The van der Waals surface area contributed by atoms with E-state index >= 15 is 0 Å². The van der Waals surface area contributed by atoms with E-state index in [1.54, 1.807) is 26.4 Å². The molecular formula is C21H27NO5S. The lowest BCUT2D eigenvalue weighted by Crippen LogP contribution is -2.28. The predicted octanol–water partition coefficient (Wildman–Crippen LogP) is 3.75. The Bertz CT molecular complexity index is 815. The normalized spacial score (nSPS) is 10.4. The predicted molar refractivity (Wildman–Crippen MR) is 109 cm³/mol. The zero-order chi connectivity index (χ0) is 20.5. The van der Waals surface area contributed by atoms with E-state index in [-0.39, 0.29) is 12.5 Å². The molecule has 0 saturated carbocycles. The van der Waals surface area contributed by atoms with Gasteiger partial charge in [-0.15, -0.1) is 11.3 Å². The summed E-state index contributed by atoms with van der Waals surface area (Å²) < 4.78 is 15.6. The molecule has 0 radical (unpaired) electrons. The average Bonchev–Trinajstić information content (AvgIpc) is 3.13. The van der Waals surface area contributed by atoms with Crippen molar-refractivity contribution in [3.05, 3.63) is 45.1 Å². The number of benzene rings is 1. The molecule has 0 bridgehead atoms. The Morgan fingerprint density at radius 2 is 1.82 bits per heavy atom. The van der Waals surface area contributed by atoms with Crippen LogP contribution in [0.25, 0.3) is 0 Å². The lowest BCUT2D eigenvalue weighted by Gasteiger charge is -2.10. The summed E-state index contributed by atoms with van der Waals surface area (Å²) >= 11 is 1.45. The summed E-state index contributed by atoms with van der Waals surface area (Å²) in [5.41, 5.74) is 2.03. The third-order valence-corrected chi connectivity index (χ3v) is 5.44. The summed E-state index contributed by atoms with van der Waals surface area (Å²) in [6.07, 6.45) is 2.86. The van der Waals surface area contributed by atoms with Gasteiger partial charge in [0.15, 0.2) is 18.1 Å². The first kappa shape index (κ1) is 21.8. The van der Waals surface area contributed by atoms with Crippen molar-refractivity contribution in [2.24, 2.45) is 0 Å². The Morgan fingerprint density at radius 3 is 2.46 bits per heavy atom. The Labute approximate surface area is 169 Å². The number of hydrogen-bond donors (Lipinski definition) is 1. The quantitative estimate of drug-likeness (QED) is 0.610. The topological polar surface area (TPSA) is 73.9 Å². The number of amides is 1. The molecule has 1 aromatic carbocycles. The Kier molecular flexibility index (Phi) is 8.32. The average molecular weight is 406 g/mol. The van der Waals surface area contributed by atoms with E-state index < -0.39 is 5.97 Å². The molecule has 2 rings (SSSR count). The first-order valence-corrected chi connectivity index (χ1v) is 10.1. The van der Waals surface area contributed by atoms with Crippen LogP contribution < -0.4 is 14.8 Å². The van der Waals surface area contributed by atoms with Gasteiger partial charge in [0.05, 0.1) is 14.2 Å². The third-order valence-electron chi connectivity index (χ3n) is 4.23. The van der Waals surface area contributed by atoms with Gasteiger partial charge in [-0.2, -0.15) is 0 Å². The monoisotopic (exact) mass is 405 g/mol. The van der Waals surface area contributed by atoms with Crippen molar-refractivity contribution in [1.29, 1.82) is 0 Å². The summed E-state index contributed by atoms with van der Waals surface area (Å²) in [4.78, 5) is 26.0. The van der Waals surface area contributed by atoms with Gasteiger partial charge in [-0.3, -0.25) is 4.79 Å². The lowest BCUT2D eigenvalue weighted by molar-refractivity contribution is -0.124. The zero-order valence-electron chi connectivity index (χ0n) is 16.8.